The molecule has 5 heteroatoms. The summed E-state index contributed by atoms with van der Waals surface area (Å²) in [4.78, 5) is 13.3. The van der Waals surface area contributed by atoms with Gasteiger partial charge in [0.1, 0.15) is 11.5 Å². The molecule has 0 saturated carbocycles. The Labute approximate surface area is 179 Å². The van der Waals surface area contributed by atoms with Crippen LogP contribution in [0.15, 0.2) is 78.9 Å². The minimum atomic E-state index is -0.933. The first-order valence-electron chi connectivity index (χ1n) is 9.36. The fourth-order valence-electron chi connectivity index (χ4n) is 3.41. The van der Waals surface area contributed by atoms with Crippen LogP contribution in [0, 0.1) is 0 Å². The molecule has 0 aliphatic heterocycles. The Kier molecular flexibility index (Phi) is 5.55. The Balaban J connectivity index is 1.93. The lowest BCUT2D eigenvalue weighted by atomic mass is 10.00. The zero-order chi connectivity index (χ0) is 21.1. The smallest absolute Gasteiger partial charge is 0.335 e. The van der Waals surface area contributed by atoms with E-state index in [2.05, 4.69) is 6.07 Å². The van der Waals surface area contributed by atoms with Crippen molar-refractivity contribution in [3.63, 3.8) is 0 Å². The van der Waals surface area contributed by atoms with Crippen molar-refractivity contribution in [2.75, 3.05) is 14.2 Å². The number of carbonyl (C=O) groups is 1. The van der Waals surface area contributed by atoms with Crippen LogP contribution in [-0.4, -0.2) is 25.3 Å². The maximum atomic E-state index is 11.2. The highest BCUT2D eigenvalue weighted by Crippen LogP contribution is 2.47. The number of para-hydroxylation sites is 2. The lowest BCUT2D eigenvalue weighted by Gasteiger charge is -2.11. The summed E-state index contributed by atoms with van der Waals surface area (Å²) < 4.78 is 11.2. The monoisotopic (exact) mass is 416 g/mol. The summed E-state index contributed by atoms with van der Waals surface area (Å²) in [5.41, 5.74) is 4.26. The van der Waals surface area contributed by atoms with Crippen LogP contribution in [0.1, 0.15) is 10.4 Å². The number of carboxylic acids is 1. The molecule has 1 aromatic heterocycles. The second-order valence-corrected chi connectivity index (χ2v) is 7.69. The van der Waals surface area contributed by atoms with E-state index in [9.17, 15) is 9.90 Å². The molecule has 0 amide bonds. The van der Waals surface area contributed by atoms with Crippen LogP contribution in [0.5, 0.6) is 11.5 Å². The quantitative estimate of drug-likeness (QED) is 0.392. The number of aromatic carboxylic acids is 1. The molecule has 4 aromatic rings. The fourth-order valence-corrected chi connectivity index (χ4v) is 4.62. The molecule has 0 atom stereocenters. The van der Waals surface area contributed by atoms with E-state index in [1.165, 1.54) is 0 Å². The number of rotatable bonds is 6. The van der Waals surface area contributed by atoms with E-state index in [1.807, 2.05) is 60.7 Å². The predicted molar refractivity (Wildman–Crippen MR) is 121 cm³/mol. The van der Waals surface area contributed by atoms with Crippen molar-refractivity contribution in [3.8, 4) is 43.5 Å². The molecule has 0 spiro atoms. The molecular formula is C25H20O4S. The van der Waals surface area contributed by atoms with Gasteiger partial charge >= 0.3 is 5.97 Å². The standard InChI is InChI=1S/C25H20O4S/c1-28-21-9-5-3-7-18(21)20-15-23(16-11-13-17(14-12-16)25(26)27)30-24(20)19-8-4-6-10-22(19)29-2/h3-15H,1-2H3,(H,26,27). The van der Waals surface area contributed by atoms with E-state index in [0.717, 1.165) is 43.5 Å². The Bertz CT molecular complexity index is 1130. The van der Waals surface area contributed by atoms with Gasteiger partial charge in [0.2, 0.25) is 0 Å². The van der Waals surface area contributed by atoms with Crippen LogP contribution in [0.2, 0.25) is 0 Å². The van der Waals surface area contributed by atoms with E-state index < -0.39 is 5.97 Å². The van der Waals surface area contributed by atoms with Gasteiger partial charge in [0.25, 0.3) is 0 Å². The molecule has 1 N–H and O–H groups in total. The van der Waals surface area contributed by atoms with Crippen molar-refractivity contribution in [3.05, 3.63) is 84.4 Å². The first-order chi connectivity index (χ1) is 14.6. The average molecular weight is 416 g/mol. The van der Waals surface area contributed by atoms with Gasteiger partial charge in [-0.2, -0.15) is 0 Å². The van der Waals surface area contributed by atoms with Crippen LogP contribution < -0.4 is 9.47 Å². The largest absolute Gasteiger partial charge is 0.496 e. The summed E-state index contributed by atoms with van der Waals surface area (Å²) in [6, 6.07) is 24.9. The molecule has 0 aliphatic carbocycles. The second kappa shape index (κ2) is 8.43. The topological polar surface area (TPSA) is 55.8 Å². The molecule has 0 unspecified atom stereocenters. The van der Waals surface area contributed by atoms with E-state index in [4.69, 9.17) is 9.47 Å². The number of hydrogen-bond acceptors (Lipinski definition) is 4. The van der Waals surface area contributed by atoms with E-state index in [0.29, 0.717) is 0 Å². The number of ether oxygens (including phenoxy) is 2. The van der Waals surface area contributed by atoms with E-state index in [-0.39, 0.29) is 5.56 Å². The molecule has 4 rings (SSSR count). The molecule has 0 bridgehead atoms. The molecule has 1 heterocycles. The summed E-state index contributed by atoms with van der Waals surface area (Å²) in [5, 5.41) is 9.18. The van der Waals surface area contributed by atoms with Crippen molar-refractivity contribution in [1.82, 2.24) is 0 Å². The van der Waals surface area contributed by atoms with Crippen LogP contribution in [0.3, 0.4) is 0 Å². The predicted octanol–water partition coefficient (Wildman–Crippen LogP) is 6.46. The van der Waals surface area contributed by atoms with Crippen molar-refractivity contribution in [2.45, 2.75) is 0 Å². The van der Waals surface area contributed by atoms with Gasteiger partial charge in [-0.1, -0.05) is 42.5 Å². The third-order valence-corrected chi connectivity index (χ3v) is 6.11. The third kappa shape index (κ3) is 3.67. The third-order valence-electron chi connectivity index (χ3n) is 4.90. The highest BCUT2D eigenvalue weighted by Gasteiger charge is 2.19. The van der Waals surface area contributed by atoms with Gasteiger partial charge < -0.3 is 14.6 Å². The van der Waals surface area contributed by atoms with E-state index in [1.54, 1.807) is 37.7 Å². The average Bonchev–Trinajstić information content (AvgIpc) is 3.24. The Hall–Kier alpha value is -3.57. The molecule has 30 heavy (non-hydrogen) atoms. The SMILES string of the molecule is COc1ccccc1-c1cc(-c2ccc(C(=O)O)cc2)sc1-c1ccccc1OC. The zero-order valence-electron chi connectivity index (χ0n) is 16.6. The number of carboxylic acid groups (broad SMARTS) is 1. The Morgan fingerprint density at radius 1 is 0.767 bits per heavy atom. The maximum absolute atomic E-state index is 11.2. The van der Waals surface area contributed by atoms with Gasteiger partial charge in [-0.3, -0.25) is 0 Å². The maximum Gasteiger partial charge on any atom is 0.335 e. The summed E-state index contributed by atoms with van der Waals surface area (Å²) >= 11 is 1.64. The summed E-state index contributed by atoms with van der Waals surface area (Å²) in [5.74, 6) is 0.652. The van der Waals surface area contributed by atoms with Gasteiger partial charge in [-0.15, -0.1) is 11.3 Å². The zero-order valence-corrected chi connectivity index (χ0v) is 17.4. The summed E-state index contributed by atoms with van der Waals surface area (Å²) in [7, 11) is 3.33. The normalized spacial score (nSPS) is 10.6. The van der Waals surface area contributed by atoms with Crippen LogP contribution in [-0.2, 0) is 0 Å². The molecule has 4 nitrogen and oxygen atoms in total. The molecule has 0 radical (unpaired) electrons. The Morgan fingerprint density at radius 2 is 1.33 bits per heavy atom. The molecule has 150 valence electrons. The van der Waals surface area contributed by atoms with Gasteiger partial charge in [-0.25, -0.2) is 4.79 Å². The van der Waals surface area contributed by atoms with Crippen molar-refractivity contribution in [2.24, 2.45) is 0 Å². The number of thiophene rings is 1. The van der Waals surface area contributed by atoms with Crippen molar-refractivity contribution >= 4 is 17.3 Å². The van der Waals surface area contributed by atoms with Gasteiger partial charge in [0.05, 0.1) is 19.8 Å². The molecule has 3 aromatic carbocycles. The van der Waals surface area contributed by atoms with E-state index >= 15 is 0 Å². The Morgan fingerprint density at radius 3 is 1.93 bits per heavy atom. The molecule has 0 aliphatic rings. The summed E-state index contributed by atoms with van der Waals surface area (Å²) in [6.07, 6.45) is 0. The molecule has 0 saturated heterocycles. The second-order valence-electron chi connectivity index (χ2n) is 6.64. The van der Waals surface area contributed by atoms with Gasteiger partial charge in [-0.05, 0) is 42.0 Å². The minimum absolute atomic E-state index is 0.269. The number of methoxy groups -OCH3 is 2. The lowest BCUT2D eigenvalue weighted by Crippen LogP contribution is -1.94. The molecule has 0 fully saturated rings. The summed E-state index contributed by atoms with van der Waals surface area (Å²) in [6.45, 7) is 0. The van der Waals surface area contributed by atoms with Crippen molar-refractivity contribution < 1.29 is 19.4 Å². The van der Waals surface area contributed by atoms with Gasteiger partial charge in [0.15, 0.2) is 0 Å². The minimum Gasteiger partial charge on any atom is -0.496 e. The number of hydrogen-bond donors (Lipinski definition) is 1. The highest BCUT2D eigenvalue weighted by molar-refractivity contribution is 7.19. The van der Waals surface area contributed by atoms with Crippen LogP contribution >= 0.6 is 11.3 Å². The van der Waals surface area contributed by atoms with Crippen molar-refractivity contribution in [1.29, 1.82) is 0 Å². The van der Waals surface area contributed by atoms with Crippen LogP contribution in [0.4, 0.5) is 0 Å². The molecular weight excluding hydrogens is 396 g/mol. The first-order valence-corrected chi connectivity index (χ1v) is 10.2. The highest BCUT2D eigenvalue weighted by atomic mass is 32.1. The lowest BCUT2D eigenvalue weighted by molar-refractivity contribution is 0.0697. The van der Waals surface area contributed by atoms with Gasteiger partial charge in [0, 0.05) is 26.4 Å². The van der Waals surface area contributed by atoms with Crippen LogP contribution in [0.25, 0.3) is 32.0 Å². The number of benzene rings is 3. The first kappa shape index (κ1) is 19.7. The fraction of sp³-hybridized carbons (Fsp3) is 0.0800.